The molecule has 218 valence electrons. The molecule has 0 aromatic heterocycles. The third-order valence-corrected chi connectivity index (χ3v) is 11.6. The first-order valence-corrected chi connectivity index (χ1v) is 14.1. The molecule has 0 bridgehead atoms. The van der Waals surface area contributed by atoms with Crippen molar-refractivity contribution >= 4 is 5.97 Å². The number of hydrogen-bond donors (Lipinski definition) is 8. The SMILES string of the molecule is C[C@]12CC[C@@H](O[C@@H]3O[C@H](C(=O)O)[C@@H](O)[C@H](O)[C@H]3O)C[C@@H]1CC[C@@H]1[C@@H]2[C@@H](O)C[C@@]2(C)[C@H]1CC[C@]2(O)[C@@H](O)CO. The molecule has 4 saturated carbocycles. The Morgan fingerprint density at radius 1 is 1.03 bits per heavy atom. The van der Waals surface area contributed by atoms with Crippen LogP contribution in [-0.2, 0) is 14.3 Å². The van der Waals surface area contributed by atoms with Crippen LogP contribution in [0.4, 0.5) is 0 Å². The van der Waals surface area contributed by atoms with Gasteiger partial charge in [-0.25, -0.2) is 4.79 Å². The molecule has 0 unspecified atom stereocenters. The topological polar surface area (TPSA) is 197 Å². The Labute approximate surface area is 222 Å². The highest BCUT2D eigenvalue weighted by Gasteiger charge is 2.68. The van der Waals surface area contributed by atoms with Crippen LogP contribution < -0.4 is 0 Å². The standard InChI is InChI=1S/C27H44O11/c1-25-7-5-13(37-24-21(33)19(31)20(32)22(38-24)23(34)35)9-12(25)3-4-14-15-6-8-27(36,17(30)11-28)26(15,2)10-16(29)18(14)25/h12-22,24,28-33,36H,3-11H2,1-2H3,(H,34,35)/t12-,13+,14-,15-,16-,17-,18+,19-,20-,21+,22-,24+,25-,26-,27-/m0/s1. The molecule has 5 aliphatic rings. The van der Waals surface area contributed by atoms with E-state index in [9.17, 15) is 45.6 Å². The van der Waals surface area contributed by atoms with Gasteiger partial charge in [0.1, 0.15) is 24.4 Å². The molecular formula is C27H44O11. The van der Waals surface area contributed by atoms with Crippen molar-refractivity contribution < 1.29 is 55.1 Å². The van der Waals surface area contributed by atoms with E-state index in [1.807, 2.05) is 6.92 Å². The summed E-state index contributed by atoms with van der Waals surface area (Å²) in [5.74, 6) is -0.926. The minimum Gasteiger partial charge on any atom is -0.479 e. The van der Waals surface area contributed by atoms with E-state index in [0.717, 1.165) is 25.7 Å². The predicted molar refractivity (Wildman–Crippen MR) is 130 cm³/mol. The smallest absolute Gasteiger partial charge is 0.335 e. The molecule has 0 radical (unpaired) electrons. The summed E-state index contributed by atoms with van der Waals surface area (Å²) in [6.07, 6.45) is -5.22. The van der Waals surface area contributed by atoms with E-state index in [1.165, 1.54) is 0 Å². The van der Waals surface area contributed by atoms with Crippen molar-refractivity contribution in [1.29, 1.82) is 0 Å². The van der Waals surface area contributed by atoms with E-state index in [-0.39, 0.29) is 35.2 Å². The van der Waals surface area contributed by atoms with Gasteiger partial charge in [0.05, 0.1) is 24.4 Å². The molecule has 5 rings (SSSR count). The van der Waals surface area contributed by atoms with Crippen LogP contribution in [0.3, 0.4) is 0 Å². The average molecular weight is 545 g/mol. The van der Waals surface area contributed by atoms with Gasteiger partial charge in [0.2, 0.25) is 0 Å². The second-order valence-corrected chi connectivity index (χ2v) is 13.2. The summed E-state index contributed by atoms with van der Waals surface area (Å²) in [5.41, 5.74) is -2.32. The van der Waals surface area contributed by atoms with Crippen molar-refractivity contribution in [3.8, 4) is 0 Å². The number of aliphatic carboxylic acids is 1. The minimum atomic E-state index is -1.77. The van der Waals surface area contributed by atoms with Crippen LogP contribution >= 0.6 is 0 Å². The Kier molecular flexibility index (Phi) is 7.45. The molecule has 38 heavy (non-hydrogen) atoms. The normalized spacial score (nSPS) is 55.4. The largest absolute Gasteiger partial charge is 0.479 e. The van der Waals surface area contributed by atoms with Crippen LogP contribution in [0.1, 0.15) is 65.2 Å². The fourth-order valence-corrected chi connectivity index (χ4v) is 9.56. The van der Waals surface area contributed by atoms with Crippen LogP contribution in [0.25, 0.3) is 0 Å². The van der Waals surface area contributed by atoms with Gasteiger partial charge in [0.15, 0.2) is 12.4 Å². The molecule has 5 fully saturated rings. The van der Waals surface area contributed by atoms with Crippen LogP contribution in [-0.4, -0.2) is 108 Å². The van der Waals surface area contributed by atoms with Crippen molar-refractivity contribution in [3.05, 3.63) is 0 Å². The molecule has 11 heteroatoms. The van der Waals surface area contributed by atoms with Gasteiger partial charge in [-0.15, -0.1) is 0 Å². The Morgan fingerprint density at radius 2 is 1.74 bits per heavy atom. The van der Waals surface area contributed by atoms with Crippen molar-refractivity contribution in [2.45, 2.75) is 120 Å². The molecule has 1 aliphatic heterocycles. The first-order valence-electron chi connectivity index (χ1n) is 14.1. The van der Waals surface area contributed by atoms with Gasteiger partial charge in [0.25, 0.3) is 0 Å². The second kappa shape index (κ2) is 9.88. The summed E-state index contributed by atoms with van der Waals surface area (Å²) < 4.78 is 11.3. The Balaban J connectivity index is 1.30. The number of ether oxygens (including phenoxy) is 2. The maximum Gasteiger partial charge on any atom is 0.335 e. The van der Waals surface area contributed by atoms with Crippen molar-refractivity contribution in [2.24, 2.45) is 34.5 Å². The Morgan fingerprint density at radius 3 is 2.39 bits per heavy atom. The monoisotopic (exact) mass is 544 g/mol. The molecule has 1 heterocycles. The highest BCUT2D eigenvalue weighted by Crippen LogP contribution is 2.68. The first-order chi connectivity index (χ1) is 17.8. The lowest BCUT2D eigenvalue weighted by molar-refractivity contribution is -0.310. The fraction of sp³-hybridized carbons (Fsp3) is 0.963. The van der Waals surface area contributed by atoms with Gasteiger partial charge in [-0.05, 0) is 80.5 Å². The molecule has 0 amide bonds. The number of aliphatic hydroxyl groups excluding tert-OH is 6. The molecule has 4 aliphatic carbocycles. The summed E-state index contributed by atoms with van der Waals surface area (Å²) in [7, 11) is 0. The van der Waals surface area contributed by atoms with Gasteiger partial charge < -0.3 is 50.3 Å². The van der Waals surface area contributed by atoms with Crippen LogP contribution in [0.15, 0.2) is 0 Å². The lowest BCUT2D eigenvalue weighted by atomic mass is 9.43. The number of carboxylic acid groups (broad SMARTS) is 1. The van der Waals surface area contributed by atoms with Crippen LogP contribution in [0.2, 0.25) is 0 Å². The van der Waals surface area contributed by atoms with E-state index >= 15 is 0 Å². The maximum atomic E-state index is 11.6. The number of hydrogen-bond acceptors (Lipinski definition) is 10. The van der Waals surface area contributed by atoms with E-state index < -0.39 is 66.5 Å². The molecule has 8 N–H and O–H groups in total. The zero-order valence-corrected chi connectivity index (χ0v) is 22.1. The van der Waals surface area contributed by atoms with Gasteiger partial charge in [0, 0.05) is 5.41 Å². The average Bonchev–Trinajstić information content (AvgIpc) is 3.14. The number of rotatable bonds is 5. The van der Waals surface area contributed by atoms with Crippen LogP contribution in [0.5, 0.6) is 0 Å². The van der Waals surface area contributed by atoms with Crippen molar-refractivity contribution in [3.63, 3.8) is 0 Å². The van der Waals surface area contributed by atoms with Crippen molar-refractivity contribution in [1.82, 2.24) is 0 Å². The summed E-state index contributed by atoms with van der Waals surface area (Å²) in [4.78, 5) is 11.4. The summed E-state index contributed by atoms with van der Waals surface area (Å²) >= 11 is 0. The first kappa shape index (κ1) is 28.6. The van der Waals surface area contributed by atoms with E-state index in [4.69, 9.17) is 9.47 Å². The summed E-state index contributed by atoms with van der Waals surface area (Å²) in [5, 5.41) is 83.0. The molecule has 0 aromatic rings. The predicted octanol–water partition coefficient (Wildman–Crippen LogP) is -0.638. The lowest BCUT2D eigenvalue weighted by Gasteiger charge is -2.63. The number of carboxylic acids is 1. The number of aliphatic hydroxyl groups is 7. The summed E-state index contributed by atoms with van der Waals surface area (Å²) in [6, 6.07) is 0. The molecule has 15 atom stereocenters. The van der Waals surface area contributed by atoms with E-state index in [1.54, 1.807) is 0 Å². The highest BCUT2D eigenvalue weighted by atomic mass is 16.7. The summed E-state index contributed by atoms with van der Waals surface area (Å²) in [6.45, 7) is 3.65. The van der Waals surface area contributed by atoms with Gasteiger partial charge in [-0.1, -0.05) is 13.8 Å². The lowest BCUT2D eigenvalue weighted by Crippen LogP contribution is -2.64. The Bertz CT molecular complexity index is 902. The number of carbonyl (C=O) groups is 1. The van der Waals surface area contributed by atoms with Gasteiger partial charge >= 0.3 is 5.97 Å². The molecule has 1 saturated heterocycles. The third-order valence-electron chi connectivity index (χ3n) is 11.6. The zero-order valence-electron chi connectivity index (χ0n) is 22.1. The maximum absolute atomic E-state index is 11.6. The van der Waals surface area contributed by atoms with Gasteiger partial charge in [-0.2, -0.15) is 0 Å². The quantitative estimate of drug-likeness (QED) is 0.205. The minimum absolute atomic E-state index is 0.0128. The van der Waals surface area contributed by atoms with Crippen molar-refractivity contribution in [2.75, 3.05) is 6.61 Å². The van der Waals surface area contributed by atoms with E-state index in [0.29, 0.717) is 25.7 Å². The molecular weight excluding hydrogens is 500 g/mol. The number of fused-ring (bicyclic) bond motifs is 5. The fourth-order valence-electron chi connectivity index (χ4n) is 9.56. The third kappa shape index (κ3) is 4.08. The zero-order chi connectivity index (χ0) is 27.8. The second-order valence-electron chi connectivity index (χ2n) is 13.2. The van der Waals surface area contributed by atoms with Gasteiger partial charge in [-0.3, -0.25) is 0 Å². The highest BCUT2D eigenvalue weighted by molar-refractivity contribution is 5.73. The molecule has 11 nitrogen and oxygen atoms in total. The molecule has 0 aromatic carbocycles. The Hall–Kier alpha value is -0.890. The van der Waals surface area contributed by atoms with E-state index in [2.05, 4.69) is 6.92 Å². The van der Waals surface area contributed by atoms with Crippen LogP contribution in [0, 0.1) is 34.5 Å². The molecule has 0 spiro atoms.